The van der Waals surface area contributed by atoms with Gasteiger partial charge in [-0.25, -0.2) is 4.98 Å². The van der Waals surface area contributed by atoms with Gasteiger partial charge in [0.2, 0.25) is 5.91 Å². The number of anilines is 1. The zero-order chi connectivity index (χ0) is 13.9. The number of piperazine rings is 1. The van der Waals surface area contributed by atoms with Crippen molar-refractivity contribution in [3.63, 3.8) is 0 Å². The van der Waals surface area contributed by atoms with Crippen molar-refractivity contribution in [2.24, 2.45) is 0 Å². The van der Waals surface area contributed by atoms with Gasteiger partial charge in [0, 0.05) is 33.2 Å². The van der Waals surface area contributed by atoms with Gasteiger partial charge in [0.15, 0.2) is 5.13 Å². The molecule has 2 heterocycles. The smallest absolute Gasteiger partial charge is 0.242 e. The van der Waals surface area contributed by atoms with Gasteiger partial charge in [0.1, 0.15) is 0 Å². The summed E-state index contributed by atoms with van der Waals surface area (Å²) in [7, 11) is 1.93. The maximum Gasteiger partial charge on any atom is 0.242 e. The molecule has 6 heteroatoms. The van der Waals surface area contributed by atoms with Gasteiger partial charge in [0.25, 0.3) is 0 Å². The predicted molar refractivity (Wildman–Crippen MR) is 82.3 cm³/mol. The van der Waals surface area contributed by atoms with Crippen LogP contribution in [-0.2, 0) is 4.79 Å². The molecule has 1 aromatic carbocycles. The summed E-state index contributed by atoms with van der Waals surface area (Å²) in [6.45, 7) is 3.76. The SMILES string of the molecule is CN(CC(=O)N1CCNCC1)c1nc2ccccc2s1. The number of amides is 1. The number of fused-ring (bicyclic) bond motifs is 1. The third-order valence-corrected chi connectivity index (χ3v) is 4.60. The minimum atomic E-state index is 0.174. The molecular weight excluding hydrogens is 272 g/mol. The average Bonchev–Trinajstić information content (AvgIpc) is 2.92. The first kappa shape index (κ1) is 13.3. The number of rotatable bonds is 3. The summed E-state index contributed by atoms with van der Waals surface area (Å²) in [5, 5.41) is 4.15. The highest BCUT2D eigenvalue weighted by atomic mass is 32.1. The molecule has 0 spiro atoms. The third-order valence-electron chi connectivity index (χ3n) is 3.45. The molecule has 1 amide bonds. The van der Waals surface area contributed by atoms with Gasteiger partial charge in [-0.15, -0.1) is 0 Å². The fraction of sp³-hybridized carbons (Fsp3) is 0.429. The Balaban J connectivity index is 1.68. The Kier molecular flexibility index (Phi) is 3.84. The topological polar surface area (TPSA) is 48.5 Å². The standard InChI is InChI=1S/C14H18N4OS/c1-17(10-13(19)18-8-6-15-7-9-18)14-16-11-4-2-3-5-12(11)20-14/h2-5,15H,6-10H2,1H3. The van der Waals surface area contributed by atoms with E-state index in [1.807, 2.05) is 35.0 Å². The fourth-order valence-electron chi connectivity index (χ4n) is 2.31. The van der Waals surface area contributed by atoms with Gasteiger partial charge in [0.05, 0.1) is 16.8 Å². The molecule has 1 aliphatic heterocycles. The Bertz CT molecular complexity index is 573. The summed E-state index contributed by atoms with van der Waals surface area (Å²) < 4.78 is 1.16. The van der Waals surface area contributed by atoms with Crippen LogP contribution in [0.2, 0.25) is 0 Å². The lowest BCUT2D eigenvalue weighted by Crippen LogP contribution is -2.49. The maximum absolute atomic E-state index is 12.2. The van der Waals surface area contributed by atoms with Gasteiger partial charge < -0.3 is 15.1 Å². The van der Waals surface area contributed by atoms with Crippen molar-refractivity contribution in [2.45, 2.75) is 0 Å². The van der Waals surface area contributed by atoms with Crippen molar-refractivity contribution in [1.82, 2.24) is 15.2 Å². The molecule has 3 rings (SSSR count). The highest BCUT2D eigenvalue weighted by molar-refractivity contribution is 7.22. The highest BCUT2D eigenvalue weighted by Crippen LogP contribution is 2.27. The minimum absolute atomic E-state index is 0.174. The van der Waals surface area contributed by atoms with Crippen LogP contribution in [0.4, 0.5) is 5.13 Å². The first-order valence-electron chi connectivity index (χ1n) is 6.79. The zero-order valence-electron chi connectivity index (χ0n) is 11.5. The van der Waals surface area contributed by atoms with Crippen LogP contribution in [0.25, 0.3) is 10.2 Å². The van der Waals surface area contributed by atoms with Crippen molar-refractivity contribution >= 4 is 32.6 Å². The van der Waals surface area contributed by atoms with Gasteiger partial charge >= 0.3 is 0 Å². The molecule has 1 saturated heterocycles. The fourth-order valence-corrected chi connectivity index (χ4v) is 3.23. The van der Waals surface area contributed by atoms with Crippen molar-refractivity contribution in [2.75, 3.05) is 44.7 Å². The van der Waals surface area contributed by atoms with Crippen LogP contribution >= 0.6 is 11.3 Å². The first-order chi connectivity index (χ1) is 9.74. The van der Waals surface area contributed by atoms with Crippen molar-refractivity contribution in [3.8, 4) is 0 Å². The summed E-state index contributed by atoms with van der Waals surface area (Å²) in [6, 6.07) is 8.05. The number of hydrogen-bond acceptors (Lipinski definition) is 5. The van der Waals surface area contributed by atoms with Gasteiger partial charge in [-0.3, -0.25) is 4.79 Å². The average molecular weight is 290 g/mol. The van der Waals surface area contributed by atoms with E-state index in [2.05, 4.69) is 16.4 Å². The Morgan fingerprint density at radius 1 is 1.40 bits per heavy atom. The molecular formula is C14H18N4OS. The second kappa shape index (κ2) is 5.76. The molecule has 2 aromatic rings. The van der Waals surface area contributed by atoms with Crippen LogP contribution < -0.4 is 10.2 Å². The number of benzene rings is 1. The van der Waals surface area contributed by atoms with E-state index in [1.54, 1.807) is 11.3 Å². The normalized spacial score (nSPS) is 15.6. The monoisotopic (exact) mass is 290 g/mol. The van der Waals surface area contributed by atoms with Gasteiger partial charge in [-0.05, 0) is 12.1 Å². The summed E-state index contributed by atoms with van der Waals surface area (Å²) >= 11 is 1.63. The lowest BCUT2D eigenvalue weighted by molar-refractivity contribution is -0.130. The van der Waals surface area contributed by atoms with Crippen LogP contribution in [0, 0.1) is 0 Å². The third kappa shape index (κ3) is 2.76. The lowest BCUT2D eigenvalue weighted by Gasteiger charge is -2.29. The van der Waals surface area contributed by atoms with Crippen LogP contribution in [0.5, 0.6) is 0 Å². The van der Waals surface area contributed by atoms with E-state index >= 15 is 0 Å². The molecule has 1 aliphatic rings. The molecule has 1 fully saturated rings. The second-order valence-corrected chi connectivity index (χ2v) is 5.96. The molecule has 20 heavy (non-hydrogen) atoms. The summed E-state index contributed by atoms with van der Waals surface area (Å²) in [5.74, 6) is 0.174. The molecule has 1 N–H and O–H groups in total. The highest BCUT2D eigenvalue weighted by Gasteiger charge is 2.19. The van der Waals surface area contributed by atoms with Crippen molar-refractivity contribution in [1.29, 1.82) is 0 Å². The Morgan fingerprint density at radius 2 is 2.15 bits per heavy atom. The van der Waals surface area contributed by atoms with Crippen LogP contribution in [0.3, 0.4) is 0 Å². The number of thiazole rings is 1. The number of para-hydroxylation sites is 1. The number of nitrogens with zero attached hydrogens (tertiary/aromatic N) is 3. The number of carbonyl (C=O) groups excluding carboxylic acids is 1. The Morgan fingerprint density at radius 3 is 2.90 bits per heavy atom. The summed E-state index contributed by atoms with van der Waals surface area (Å²) in [6.07, 6.45) is 0. The van der Waals surface area contributed by atoms with E-state index < -0.39 is 0 Å². The van der Waals surface area contributed by atoms with Crippen LogP contribution in [-0.4, -0.2) is 55.6 Å². The first-order valence-corrected chi connectivity index (χ1v) is 7.61. The van der Waals surface area contributed by atoms with E-state index in [-0.39, 0.29) is 5.91 Å². The number of hydrogen-bond donors (Lipinski definition) is 1. The predicted octanol–water partition coefficient (Wildman–Crippen LogP) is 1.16. The summed E-state index contributed by atoms with van der Waals surface area (Å²) in [4.78, 5) is 20.7. The second-order valence-electron chi connectivity index (χ2n) is 4.95. The van der Waals surface area contributed by atoms with Gasteiger partial charge in [-0.2, -0.15) is 0 Å². The van der Waals surface area contributed by atoms with Crippen molar-refractivity contribution in [3.05, 3.63) is 24.3 Å². The van der Waals surface area contributed by atoms with Crippen LogP contribution in [0.1, 0.15) is 0 Å². The Hall–Kier alpha value is -1.66. The largest absolute Gasteiger partial charge is 0.342 e. The number of nitrogens with one attached hydrogen (secondary N) is 1. The van der Waals surface area contributed by atoms with Crippen LogP contribution in [0.15, 0.2) is 24.3 Å². The maximum atomic E-state index is 12.2. The number of carbonyl (C=O) groups is 1. The lowest BCUT2D eigenvalue weighted by atomic mass is 10.3. The van der Waals surface area contributed by atoms with Crippen molar-refractivity contribution < 1.29 is 4.79 Å². The molecule has 5 nitrogen and oxygen atoms in total. The number of aromatic nitrogens is 1. The minimum Gasteiger partial charge on any atom is -0.342 e. The molecule has 106 valence electrons. The molecule has 1 aromatic heterocycles. The van der Waals surface area contributed by atoms with Gasteiger partial charge in [-0.1, -0.05) is 23.5 Å². The molecule has 0 unspecified atom stereocenters. The quantitative estimate of drug-likeness (QED) is 0.922. The zero-order valence-corrected chi connectivity index (χ0v) is 12.3. The molecule has 0 aliphatic carbocycles. The van der Waals surface area contributed by atoms with E-state index in [4.69, 9.17) is 0 Å². The molecule has 0 saturated carbocycles. The summed E-state index contributed by atoms with van der Waals surface area (Å²) in [5.41, 5.74) is 0.994. The van der Waals surface area contributed by atoms with E-state index in [0.29, 0.717) is 6.54 Å². The molecule has 0 radical (unpaired) electrons. The number of likely N-dealkylation sites (N-methyl/N-ethyl adjacent to an activating group) is 1. The molecule has 0 bridgehead atoms. The van der Waals surface area contributed by atoms with E-state index in [9.17, 15) is 4.79 Å². The van der Waals surface area contributed by atoms with E-state index in [0.717, 1.165) is 41.5 Å². The van der Waals surface area contributed by atoms with E-state index in [1.165, 1.54) is 0 Å². The molecule has 0 atom stereocenters. The Labute approximate surface area is 122 Å².